The number of benzene rings is 1. The van der Waals surface area contributed by atoms with Crippen LogP contribution in [0.4, 0.5) is 4.79 Å². The third-order valence-electron chi connectivity index (χ3n) is 5.92. The Morgan fingerprint density at radius 3 is 2.43 bits per heavy atom. The van der Waals surface area contributed by atoms with Crippen molar-refractivity contribution in [2.75, 3.05) is 6.26 Å². The second-order valence-electron chi connectivity index (χ2n) is 9.24. The monoisotopic (exact) mass is 432 g/mol. The first-order valence-corrected chi connectivity index (χ1v) is 11.8. The predicted octanol–water partition coefficient (Wildman–Crippen LogP) is 3.56. The third-order valence-corrected chi connectivity index (χ3v) is 6.65. The molecular weight excluding hydrogens is 400 g/mol. The summed E-state index contributed by atoms with van der Waals surface area (Å²) in [6.45, 7) is 6.07. The minimum atomic E-state index is -0.890. The zero-order chi connectivity index (χ0) is 22.1. The number of imidazole rings is 1. The average molecular weight is 433 g/mol. The Balaban J connectivity index is 2.05. The van der Waals surface area contributed by atoms with Crippen molar-refractivity contribution in [2.24, 2.45) is 17.1 Å². The summed E-state index contributed by atoms with van der Waals surface area (Å²) >= 11 is 1.59. The summed E-state index contributed by atoms with van der Waals surface area (Å²) in [4.78, 5) is 39.4. The molecule has 8 heteroatoms. The van der Waals surface area contributed by atoms with E-state index in [0.717, 1.165) is 27.8 Å². The van der Waals surface area contributed by atoms with Gasteiger partial charge in [-0.05, 0) is 48.6 Å². The molecule has 3 N–H and O–H groups in total. The van der Waals surface area contributed by atoms with Crippen LogP contribution in [0, 0.1) is 11.3 Å². The lowest BCUT2D eigenvalue weighted by Crippen LogP contribution is -2.54. The van der Waals surface area contributed by atoms with Gasteiger partial charge in [-0.25, -0.2) is 14.2 Å². The van der Waals surface area contributed by atoms with E-state index >= 15 is 0 Å². The van der Waals surface area contributed by atoms with Gasteiger partial charge in [0.1, 0.15) is 6.04 Å². The van der Waals surface area contributed by atoms with Crippen LogP contribution in [0.5, 0.6) is 0 Å². The molecule has 1 fully saturated rings. The van der Waals surface area contributed by atoms with Crippen LogP contribution in [0.1, 0.15) is 52.9 Å². The molecule has 0 unspecified atom stereocenters. The topological polar surface area (TPSA) is 99.1 Å². The maximum absolute atomic E-state index is 13.3. The number of fused-ring (bicyclic) bond motifs is 1. The van der Waals surface area contributed by atoms with E-state index in [2.05, 4.69) is 5.32 Å². The Morgan fingerprint density at radius 2 is 1.87 bits per heavy atom. The average Bonchev–Trinajstić information content (AvgIpc) is 2.96. The quantitative estimate of drug-likeness (QED) is 0.706. The highest BCUT2D eigenvalue weighted by Gasteiger charge is 2.32. The van der Waals surface area contributed by atoms with Crippen LogP contribution < -0.4 is 16.7 Å². The fraction of sp³-hybridized carbons (Fsp3) is 0.591. The molecule has 1 atom stereocenters. The molecule has 1 aromatic carbocycles. The number of nitrogens with zero attached hydrogens (tertiary/aromatic N) is 2. The van der Waals surface area contributed by atoms with E-state index < -0.39 is 23.4 Å². The molecule has 0 radical (unpaired) electrons. The Labute approximate surface area is 181 Å². The number of primary amides is 1. The number of carbonyl (C=O) groups is 2. The first-order valence-electron chi connectivity index (χ1n) is 10.5. The van der Waals surface area contributed by atoms with Gasteiger partial charge in [0, 0.05) is 11.4 Å². The van der Waals surface area contributed by atoms with E-state index in [1.807, 2.05) is 39.2 Å². The summed E-state index contributed by atoms with van der Waals surface area (Å²) in [5, 5.41) is 2.68. The van der Waals surface area contributed by atoms with Crippen LogP contribution in [-0.4, -0.2) is 33.4 Å². The molecule has 1 heterocycles. The maximum Gasteiger partial charge on any atom is 0.337 e. The van der Waals surface area contributed by atoms with Crippen molar-refractivity contribution < 1.29 is 9.59 Å². The van der Waals surface area contributed by atoms with Crippen molar-refractivity contribution in [1.29, 1.82) is 0 Å². The molecule has 164 valence electrons. The minimum absolute atomic E-state index is 0.372. The minimum Gasteiger partial charge on any atom is -0.368 e. The molecule has 1 aromatic heterocycles. The zero-order valence-corrected chi connectivity index (χ0v) is 19.1. The van der Waals surface area contributed by atoms with Crippen molar-refractivity contribution in [2.45, 2.75) is 70.4 Å². The molecule has 2 amide bonds. The van der Waals surface area contributed by atoms with Crippen LogP contribution >= 0.6 is 11.8 Å². The van der Waals surface area contributed by atoms with Gasteiger partial charge < -0.3 is 11.1 Å². The smallest absolute Gasteiger partial charge is 0.337 e. The molecule has 0 saturated heterocycles. The molecule has 3 rings (SSSR count). The van der Waals surface area contributed by atoms with Gasteiger partial charge in [0.25, 0.3) is 0 Å². The molecular formula is C22H32N4O3S. The standard InChI is InChI=1S/C22H32N4O3S/c1-22(2,3)18(19(23)27)24-20(28)26-16-11-10-15(30-4)12-17(16)25(21(26)29)13-14-8-6-5-7-9-14/h10-12,14,18H,5-9,13H2,1-4H3,(H2,23,27)(H,24,28)/t18-/m1/s1. The van der Waals surface area contributed by atoms with Crippen molar-refractivity contribution in [3.8, 4) is 0 Å². The van der Waals surface area contributed by atoms with E-state index in [0.29, 0.717) is 18.0 Å². The number of nitrogens with two attached hydrogens (primary N) is 1. The summed E-state index contributed by atoms with van der Waals surface area (Å²) in [5.41, 5.74) is 5.87. The number of carbonyl (C=O) groups excluding carboxylic acids is 2. The predicted molar refractivity (Wildman–Crippen MR) is 121 cm³/mol. The number of nitrogens with one attached hydrogen (secondary N) is 1. The fourth-order valence-electron chi connectivity index (χ4n) is 4.27. The van der Waals surface area contributed by atoms with Crippen LogP contribution in [0.2, 0.25) is 0 Å². The Morgan fingerprint density at radius 1 is 1.20 bits per heavy atom. The number of hydrogen-bond acceptors (Lipinski definition) is 4. The van der Waals surface area contributed by atoms with Crippen molar-refractivity contribution in [3.05, 3.63) is 28.7 Å². The lowest BCUT2D eigenvalue weighted by atomic mass is 9.86. The molecule has 7 nitrogen and oxygen atoms in total. The Bertz CT molecular complexity index is 996. The molecule has 1 aliphatic carbocycles. The van der Waals surface area contributed by atoms with Gasteiger partial charge in [0.15, 0.2) is 0 Å². The van der Waals surface area contributed by atoms with E-state index in [4.69, 9.17) is 5.73 Å². The number of aromatic nitrogens is 2. The number of thioether (sulfide) groups is 1. The number of amides is 2. The highest BCUT2D eigenvalue weighted by atomic mass is 32.2. The van der Waals surface area contributed by atoms with E-state index in [1.54, 1.807) is 22.4 Å². The van der Waals surface area contributed by atoms with Crippen molar-refractivity contribution >= 4 is 34.7 Å². The van der Waals surface area contributed by atoms with E-state index in [9.17, 15) is 14.4 Å². The summed E-state index contributed by atoms with van der Waals surface area (Å²) in [6, 6.07) is 4.15. The Hall–Kier alpha value is -2.22. The molecule has 0 bridgehead atoms. The number of hydrogen-bond donors (Lipinski definition) is 2. The van der Waals surface area contributed by atoms with Gasteiger partial charge in [-0.3, -0.25) is 9.36 Å². The van der Waals surface area contributed by atoms with Crippen LogP contribution in [0.15, 0.2) is 27.9 Å². The first kappa shape index (κ1) is 22.5. The van der Waals surface area contributed by atoms with Crippen molar-refractivity contribution in [1.82, 2.24) is 14.5 Å². The summed E-state index contributed by atoms with van der Waals surface area (Å²) in [5.74, 6) is -0.191. The van der Waals surface area contributed by atoms with Gasteiger partial charge in [0.2, 0.25) is 5.91 Å². The molecule has 30 heavy (non-hydrogen) atoms. The van der Waals surface area contributed by atoms with Crippen LogP contribution in [0.3, 0.4) is 0 Å². The number of rotatable bonds is 5. The highest BCUT2D eigenvalue weighted by molar-refractivity contribution is 7.98. The normalized spacial score (nSPS) is 16.5. The maximum atomic E-state index is 13.3. The van der Waals surface area contributed by atoms with Gasteiger partial charge in [-0.15, -0.1) is 11.8 Å². The second-order valence-corrected chi connectivity index (χ2v) is 10.1. The second kappa shape index (κ2) is 8.88. The molecule has 1 aliphatic rings. The zero-order valence-electron chi connectivity index (χ0n) is 18.2. The lowest BCUT2D eigenvalue weighted by Gasteiger charge is -2.28. The van der Waals surface area contributed by atoms with Crippen molar-refractivity contribution in [3.63, 3.8) is 0 Å². The molecule has 2 aromatic rings. The summed E-state index contributed by atoms with van der Waals surface area (Å²) in [7, 11) is 0. The van der Waals surface area contributed by atoms with Crippen LogP contribution in [0.25, 0.3) is 11.0 Å². The lowest BCUT2D eigenvalue weighted by molar-refractivity contribution is -0.122. The molecule has 1 saturated carbocycles. The van der Waals surface area contributed by atoms with Crippen LogP contribution in [-0.2, 0) is 11.3 Å². The largest absolute Gasteiger partial charge is 0.368 e. The highest BCUT2D eigenvalue weighted by Crippen LogP contribution is 2.27. The van der Waals surface area contributed by atoms with Gasteiger partial charge >= 0.3 is 11.7 Å². The third kappa shape index (κ3) is 4.58. The summed E-state index contributed by atoms with van der Waals surface area (Å²) < 4.78 is 2.87. The van der Waals surface area contributed by atoms with E-state index in [-0.39, 0.29) is 5.69 Å². The van der Waals surface area contributed by atoms with E-state index in [1.165, 1.54) is 19.3 Å². The Kier molecular flexibility index (Phi) is 6.65. The van der Waals surface area contributed by atoms with Gasteiger partial charge in [-0.1, -0.05) is 40.0 Å². The first-order chi connectivity index (χ1) is 14.1. The summed E-state index contributed by atoms with van der Waals surface area (Å²) in [6.07, 6.45) is 7.78. The fourth-order valence-corrected chi connectivity index (χ4v) is 4.70. The molecule has 0 aliphatic heterocycles. The van der Waals surface area contributed by atoms with Gasteiger partial charge in [-0.2, -0.15) is 0 Å². The van der Waals surface area contributed by atoms with Gasteiger partial charge in [0.05, 0.1) is 11.0 Å². The SMILES string of the molecule is CSc1ccc2c(c1)n(CC1CCCCC1)c(=O)n2C(=O)N[C@H](C(N)=O)C(C)(C)C. The molecule has 0 spiro atoms.